The van der Waals surface area contributed by atoms with E-state index in [-0.39, 0.29) is 36.0 Å². The SMILES string of the molecule is CN1CCN(C(=O)C2CCN(C(=O)C3CC(=O)N(c4ccccc4)C3)CC2)CC1. The molecule has 0 spiro atoms. The summed E-state index contributed by atoms with van der Waals surface area (Å²) in [6.45, 7) is 5.12. The molecular weight excluding hydrogens is 368 g/mol. The fourth-order valence-corrected chi connectivity index (χ4v) is 4.62. The van der Waals surface area contributed by atoms with Gasteiger partial charge in [-0.3, -0.25) is 14.4 Å². The molecule has 0 N–H and O–H groups in total. The van der Waals surface area contributed by atoms with E-state index in [2.05, 4.69) is 11.9 Å². The van der Waals surface area contributed by atoms with E-state index in [1.807, 2.05) is 40.1 Å². The Morgan fingerprint density at radius 2 is 1.41 bits per heavy atom. The van der Waals surface area contributed by atoms with Crippen LogP contribution in [0.5, 0.6) is 0 Å². The molecule has 0 aromatic heterocycles. The van der Waals surface area contributed by atoms with Gasteiger partial charge in [-0.1, -0.05) is 18.2 Å². The number of carbonyl (C=O) groups is 3. The first-order valence-corrected chi connectivity index (χ1v) is 10.6. The number of hydrogen-bond donors (Lipinski definition) is 0. The lowest BCUT2D eigenvalue weighted by atomic mass is 9.93. The Balaban J connectivity index is 1.29. The molecule has 3 fully saturated rings. The standard InChI is InChI=1S/C22H30N4O3/c1-23-11-13-25(14-12-23)21(28)17-7-9-24(10-8-17)22(29)18-15-20(27)26(16-18)19-5-3-2-4-6-19/h2-6,17-18H,7-16H2,1H3. The molecule has 0 bridgehead atoms. The number of amides is 3. The lowest BCUT2D eigenvalue weighted by Crippen LogP contribution is -2.51. The Bertz CT molecular complexity index is 753. The number of nitrogens with zero attached hydrogens (tertiary/aromatic N) is 4. The molecule has 1 unspecified atom stereocenters. The van der Waals surface area contributed by atoms with Crippen molar-refractivity contribution in [1.82, 2.24) is 14.7 Å². The first-order chi connectivity index (χ1) is 14.0. The highest BCUT2D eigenvalue weighted by Crippen LogP contribution is 2.28. The van der Waals surface area contributed by atoms with Crippen LogP contribution in [0.2, 0.25) is 0 Å². The zero-order valence-corrected chi connectivity index (χ0v) is 17.1. The lowest BCUT2D eigenvalue weighted by Gasteiger charge is -2.38. The molecular formula is C22H30N4O3. The summed E-state index contributed by atoms with van der Waals surface area (Å²) in [5.74, 6) is 0.0505. The molecule has 3 amide bonds. The van der Waals surface area contributed by atoms with Gasteiger partial charge in [-0.2, -0.15) is 0 Å². The van der Waals surface area contributed by atoms with Crippen molar-refractivity contribution in [2.75, 3.05) is 57.8 Å². The van der Waals surface area contributed by atoms with Crippen molar-refractivity contribution in [2.24, 2.45) is 11.8 Å². The fraction of sp³-hybridized carbons (Fsp3) is 0.591. The summed E-state index contributed by atoms with van der Waals surface area (Å²) in [5, 5.41) is 0. The number of likely N-dealkylation sites (tertiary alicyclic amines) is 1. The van der Waals surface area contributed by atoms with E-state index >= 15 is 0 Å². The van der Waals surface area contributed by atoms with Crippen LogP contribution in [0.4, 0.5) is 5.69 Å². The predicted octanol–water partition coefficient (Wildman–Crippen LogP) is 1.05. The van der Waals surface area contributed by atoms with Gasteiger partial charge in [0.15, 0.2) is 0 Å². The van der Waals surface area contributed by atoms with Crippen LogP contribution < -0.4 is 4.90 Å². The summed E-state index contributed by atoms with van der Waals surface area (Å²) in [7, 11) is 2.08. The van der Waals surface area contributed by atoms with Gasteiger partial charge in [0.1, 0.15) is 0 Å². The Morgan fingerprint density at radius 3 is 2.07 bits per heavy atom. The predicted molar refractivity (Wildman–Crippen MR) is 110 cm³/mol. The Morgan fingerprint density at radius 1 is 0.828 bits per heavy atom. The van der Waals surface area contributed by atoms with E-state index in [0.717, 1.165) is 44.7 Å². The third kappa shape index (κ3) is 4.29. The molecule has 1 aromatic carbocycles. The molecule has 4 rings (SSSR count). The first kappa shape index (κ1) is 19.9. The summed E-state index contributed by atoms with van der Waals surface area (Å²) in [5.41, 5.74) is 0.851. The lowest BCUT2D eigenvalue weighted by molar-refractivity contribution is -0.143. The molecule has 156 valence electrons. The fourth-order valence-electron chi connectivity index (χ4n) is 4.62. The average Bonchev–Trinajstić information content (AvgIpc) is 3.15. The van der Waals surface area contributed by atoms with Crippen LogP contribution in [0, 0.1) is 11.8 Å². The number of likely N-dealkylation sites (N-methyl/N-ethyl adjacent to an activating group) is 1. The van der Waals surface area contributed by atoms with Gasteiger partial charge in [0.05, 0.1) is 5.92 Å². The molecule has 0 saturated carbocycles. The number of carbonyl (C=O) groups excluding carboxylic acids is 3. The largest absolute Gasteiger partial charge is 0.342 e. The number of hydrogen-bond acceptors (Lipinski definition) is 4. The minimum Gasteiger partial charge on any atom is -0.342 e. The quantitative estimate of drug-likeness (QED) is 0.764. The van der Waals surface area contributed by atoms with Crippen LogP contribution in [-0.4, -0.2) is 85.3 Å². The average molecular weight is 399 g/mol. The minimum atomic E-state index is -0.285. The zero-order valence-electron chi connectivity index (χ0n) is 17.1. The number of para-hydroxylation sites is 1. The second-order valence-corrected chi connectivity index (χ2v) is 8.47. The van der Waals surface area contributed by atoms with Gasteiger partial charge in [-0.05, 0) is 32.0 Å². The Hall–Kier alpha value is -2.41. The van der Waals surface area contributed by atoms with E-state index in [4.69, 9.17) is 0 Å². The van der Waals surface area contributed by atoms with E-state index in [0.29, 0.717) is 19.6 Å². The molecule has 3 heterocycles. The Kier molecular flexibility index (Phi) is 5.85. The number of piperazine rings is 1. The molecule has 7 heteroatoms. The molecule has 29 heavy (non-hydrogen) atoms. The van der Waals surface area contributed by atoms with Crippen molar-refractivity contribution in [3.8, 4) is 0 Å². The highest BCUT2D eigenvalue weighted by atomic mass is 16.2. The summed E-state index contributed by atoms with van der Waals surface area (Å²) in [6, 6.07) is 9.53. The van der Waals surface area contributed by atoms with Gasteiger partial charge < -0.3 is 19.6 Å². The summed E-state index contributed by atoms with van der Waals surface area (Å²) < 4.78 is 0. The van der Waals surface area contributed by atoms with Gasteiger partial charge >= 0.3 is 0 Å². The summed E-state index contributed by atoms with van der Waals surface area (Å²) in [6.07, 6.45) is 1.72. The second kappa shape index (κ2) is 8.53. The van der Waals surface area contributed by atoms with Gasteiger partial charge in [0, 0.05) is 63.8 Å². The molecule has 3 saturated heterocycles. The van der Waals surface area contributed by atoms with E-state index in [9.17, 15) is 14.4 Å². The van der Waals surface area contributed by atoms with Crippen LogP contribution >= 0.6 is 0 Å². The highest BCUT2D eigenvalue weighted by molar-refractivity contribution is 6.00. The van der Waals surface area contributed by atoms with Crippen molar-refractivity contribution in [2.45, 2.75) is 19.3 Å². The van der Waals surface area contributed by atoms with Crippen molar-refractivity contribution in [3.63, 3.8) is 0 Å². The maximum Gasteiger partial charge on any atom is 0.228 e. The van der Waals surface area contributed by atoms with Gasteiger partial charge in [0.2, 0.25) is 17.7 Å². The van der Waals surface area contributed by atoms with Crippen molar-refractivity contribution in [3.05, 3.63) is 30.3 Å². The number of benzene rings is 1. The molecule has 1 aromatic rings. The maximum absolute atomic E-state index is 13.0. The van der Waals surface area contributed by atoms with E-state index in [1.165, 1.54) is 0 Å². The van der Waals surface area contributed by atoms with Gasteiger partial charge in [-0.15, -0.1) is 0 Å². The second-order valence-electron chi connectivity index (χ2n) is 8.47. The Labute approximate surface area is 172 Å². The third-order valence-corrected chi connectivity index (χ3v) is 6.51. The van der Waals surface area contributed by atoms with Gasteiger partial charge in [-0.25, -0.2) is 0 Å². The number of rotatable bonds is 3. The van der Waals surface area contributed by atoms with Gasteiger partial charge in [0.25, 0.3) is 0 Å². The van der Waals surface area contributed by atoms with Crippen LogP contribution in [0.1, 0.15) is 19.3 Å². The van der Waals surface area contributed by atoms with Crippen LogP contribution in [0.25, 0.3) is 0 Å². The van der Waals surface area contributed by atoms with Crippen LogP contribution in [0.3, 0.4) is 0 Å². The highest BCUT2D eigenvalue weighted by Gasteiger charge is 2.39. The zero-order chi connectivity index (χ0) is 20.4. The number of anilines is 1. The van der Waals surface area contributed by atoms with E-state index in [1.54, 1.807) is 4.90 Å². The maximum atomic E-state index is 13.0. The van der Waals surface area contributed by atoms with Crippen molar-refractivity contribution >= 4 is 23.4 Å². The molecule has 7 nitrogen and oxygen atoms in total. The van der Waals surface area contributed by atoms with Crippen LogP contribution in [-0.2, 0) is 14.4 Å². The topological polar surface area (TPSA) is 64.2 Å². The summed E-state index contributed by atoms with van der Waals surface area (Å²) >= 11 is 0. The molecule has 0 radical (unpaired) electrons. The van der Waals surface area contributed by atoms with Crippen LogP contribution in [0.15, 0.2) is 30.3 Å². The third-order valence-electron chi connectivity index (χ3n) is 6.51. The molecule has 0 aliphatic carbocycles. The monoisotopic (exact) mass is 398 g/mol. The van der Waals surface area contributed by atoms with E-state index < -0.39 is 0 Å². The summed E-state index contributed by atoms with van der Waals surface area (Å²) in [4.78, 5) is 46.0. The molecule has 3 aliphatic heterocycles. The molecule has 1 atom stereocenters. The minimum absolute atomic E-state index is 0.00896. The normalized spacial score (nSPS) is 24.2. The van der Waals surface area contributed by atoms with Crippen molar-refractivity contribution in [1.29, 1.82) is 0 Å². The number of piperidine rings is 1. The van der Waals surface area contributed by atoms with Crippen molar-refractivity contribution < 1.29 is 14.4 Å². The molecule has 3 aliphatic rings. The smallest absolute Gasteiger partial charge is 0.228 e. The first-order valence-electron chi connectivity index (χ1n) is 10.6.